The summed E-state index contributed by atoms with van der Waals surface area (Å²) < 4.78 is 0. The van der Waals surface area contributed by atoms with Gasteiger partial charge in [0.1, 0.15) is 0 Å². The van der Waals surface area contributed by atoms with Crippen molar-refractivity contribution in [1.29, 1.82) is 5.26 Å². The summed E-state index contributed by atoms with van der Waals surface area (Å²) in [5.41, 5.74) is 1.74. The summed E-state index contributed by atoms with van der Waals surface area (Å²) in [7, 11) is 1.61. The highest BCUT2D eigenvalue weighted by atomic mass is 35.5. The molecule has 2 rings (SSSR count). The average molecular weight is 409 g/mol. The number of unbranched alkanes of at least 4 members (excludes halogenated alkanes) is 2. The first kappa shape index (κ1) is 21.0. The Kier molecular flexibility index (Phi) is 8.37. The van der Waals surface area contributed by atoms with Crippen LogP contribution < -0.4 is 10.6 Å². The van der Waals surface area contributed by atoms with E-state index in [2.05, 4.69) is 20.7 Å². The molecule has 7 nitrogen and oxygen atoms in total. The SMILES string of the molecule is CN=C(NC#N)NCCCCCN1N=C(c2ccc(Cl)c(Cl)c2)CCC1=O. The van der Waals surface area contributed by atoms with E-state index in [4.69, 9.17) is 28.5 Å². The molecule has 27 heavy (non-hydrogen) atoms. The van der Waals surface area contributed by atoms with E-state index in [1.807, 2.05) is 12.3 Å². The summed E-state index contributed by atoms with van der Waals surface area (Å²) in [5.74, 6) is 0.495. The average Bonchev–Trinajstić information content (AvgIpc) is 2.67. The molecule has 144 valence electrons. The van der Waals surface area contributed by atoms with Crippen LogP contribution in [0.4, 0.5) is 0 Å². The standard InChI is InChI=1S/C18H22Cl2N6O/c1-22-18(24-12-21)23-9-3-2-4-10-26-17(27)8-7-16(25-26)13-5-6-14(19)15(20)11-13/h5-6,11H,2-4,7-10H2,1H3,(H2,22,23,24). The highest BCUT2D eigenvalue weighted by Gasteiger charge is 2.21. The van der Waals surface area contributed by atoms with Crippen molar-refractivity contribution in [2.75, 3.05) is 20.1 Å². The minimum Gasteiger partial charge on any atom is -0.356 e. The van der Waals surface area contributed by atoms with Gasteiger partial charge >= 0.3 is 0 Å². The largest absolute Gasteiger partial charge is 0.356 e. The van der Waals surface area contributed by atoms with E-state index in [1.165, 1.54) is 0 Å². The number of carbonyl (C=O) groups is 1. The number of amides is 1. The number of hydrazone groups is 1. The normalized spacial score (nSPS) is 14.6. The number of nitriles is 1. The summed E-state index contributed by atoms with van der Waals surface area (Å²) in [5, 5.41) is 21.1. The van der Waals surface area contributed by atoms with Gasteiger partial charge in [0.05, 0.1) is 15.8 Å². The molecular formula is C18H22Cl2N6O. The molecule has 1 aliphatic heterocycles. The second-order valence-corrected chi connectivity index (χ2v) is 6.80. The Morgan fingerprint density at radius 2 is 2.11 bits per heavy atom. The van der Waals surface area contributed by atoms with Crippen molar-refractivity contribution in [1.82, 2.24) is 15.6 Å². The van der Waals surface area contributed by atoms with Gasteiger partial charge in [-0.1, -0.05) is 29.3 Å². The summed E-state index contributed by atoms with van der Waals surface area (Å²) in [4.78, 5) is 16.0. The van der Waals surface area contributed by atoms with Gasteiger partial charge in [-0.05, 0) is 37.0 Å². The van der Waals surface area contributed by atoms with E-state index in [-0.39, 0.29) is 5.91 Å². The van der Waals surface area contributed by atoms with Gasteiger partial charge < -0.3 is 5.32 Å². The number of halogens is 2. The maximum atomic E-state index is 12.1. The predicted octanol–water partition coefficient (Wildman–Crippen LogP) is 3.14. The van der Waals surface area contributed by atoms with Gasteiger partial charge in [0.25, 0.3) is 0 Å². The van der Waals surface area contributed by atoms with Crippen molar-refractivity contribution in [2.45, 2.75) is 32.1 Å². The zero-order chi connectivity index (χ0) is 19.6. The Bertz CT molecular complexity index is 772. The lowest BCUT2D eigenvalue weighted by atomic mass is 10.0. The molecule has 0 aliphatic carbocycles. The van der Waals surface area contributed by atoms with Crippen LogP contribution in [0.3, 0.4) is 0 Å². The number of guanidine groups is 1. The number of nitrogens with one attached hydrogen (secondary N) is 2. The molecule has 1 aromatic carbocycles. The van der Waals surface area contributed by atoms with Crippen molar-refractivity contribution in [3.05, 3.63) is 33.8 Å². The van der Waals surface area contributed by atoms with E-state index in [1.54, 1.807) is 24.2 Å². The van der Waals surface area contributed by atoms with E-state index in [0.717, 1.165) is 30.5 Å². The molecule has 9 heteroatoms. The monoisotopic (exact) mass is 408 g/mol. The lowest BCUT2D eigenvalue weighted by Crippen LogP contribution is -2.35. The minimum atomic E-state index is 0.0376. The topological polar surface area (TPSA) is 92.9 Å². The van der Waals surface area contributed by atoms with Crippen LogP contribution in [-0.4, -0.2) is 42.7 Å². The Morgan fingerprint density at radius 3 is 2.81 bits per heavy atom. The van der Waals surface area contributed by atoms with Crippen LogP contribution in [0.2, 0.25) is 10.0 Å². The first-order chi connectivity index (χ1) is 13.0. The summed E-state index contributed by atoms with van der Waals surface area (Å²) in [6, 6.07) is 5.39. The highest BCUT2D eigenvalue weighted by molar-refractivity contribution is 6.42. The van der Waals surface area contributed by atoms with Crippen LogP contribution in [0.5, 0.6) is 0 Å². The van der Waals surface area contributed by atoms with Gasteiger partial charge in [-0.2, -0.15) is 10.4 Å². The number of nitrogens with zero attached hydrogens (tertiary/aromatic N) is 4. The third-order valence-electron chi connectivity index (χ3n) is 4.09. The molecule has 0 fully saturated rings. The zero-order valence-electron chi connectivity index (χ0n) is 15.1. The number of hydrogen-bond donors (Lipinski definition) is 2. The molecule has 1 aromatic rings. The first-order valence-corrected chi connectivity index (χ1v) is 9.49. The molecule has 0 aromatic heterocycles. The second kappa shape index (κ2) is 10.8. The van der Waals surface area contributed by atoms with Gasteiger partial charge in [0.15, 0.2) is 6.19 Å². The fraction of sp³-hybridized carbons (Fsp3) is 0.444. The van der Waals surface area contributed by atoms with E-state index in [9.17, 15) is 4.79 Å². The quantitative estimate of drug-likeness (QED) is 0.238. The summed E-state index contributed by atoms with van der Waals surface area (Å²) in [6.45, 7) is 1.28. The van der Waals surface area contributed by atoms with Crippen molar-refractivity contribution >= 4 is 40.8 Å². The summed E-state index contributed by atoms with van der Waals surface area (Å²) in [6.07, 6.45) is 5.54. The van der Waals surface area contributed by atoms with Crippen LogP contribution in [-0.2, 0) is 4.79 Å². The van der Waals surface area contributed by atoms with E-state index < -0.39 is 0 Å². The molecule has 0 atom stereocenters. The van der Waals surface area contributed by atoms with Crippen LogP contribution in [0.15, 0.2) is 28.3 Å². The molecule has 1 aliphatic rings. The highest BCUT2D eigenvalue weighted by Crippen LogP contribution is 2.25. The van der Waals surface area contributed by atoms with Crippen molar-refractivity contribution in [2.24, 2.45) is 10.1 Å². The fourth-order valence-corrected chi connectivity index (χ4v) is 2.96. The smallest absolute Gasteiger partial charge is 0.243 e. The zero-order valence-corrected chi connectivity index (χ0v) is 16.6. The Hall–Kier alpha value is -2.30. The van der Waals surface area contributed by atoms with Gasteiger partial charge in [0, 0.05) is 33.0 Å². The number of carbonyl (C=O) groups excluding carboxylic acids is 1. The lowest BCUT2D eigenvalue weighted by molar-refractivity contribution is -0.131. The van der Waals surface area contributed by atoms with Crippen LogP contribution in [0.25, 0.3) is 0 Å². The van der Waals surface area contributed by atoms with Gasteiger partial charge in [-0.3, -0.25) is 15.1 Å². The van der Waals surface area contributed by atoms with E-state index >= 15 is 0 Å². The molecule has 0 saturated heterocycles. The van der Waals surface area contributed by atoms with E-state index in [0.29, 0.717) is 41.9 Å². The third-order valence-corrected chi connectivity index (χ3v) is 4.83. The van der Waals surface area contributed by atoms with Crippen molar-refractivity contribution in [3.8, 4) is 6.19 Å². The number of aliphatic imine (C=N–C) groups is 1. The van der Waals surface area contributed by atoms with Gasteiger partial charge in [-0.25, -0.2) is 5.01 Å². The van der Waals surface area contributed by atoms with Crippen LogP contribution in [0.1, 0.15) is 37.7 Å². The maximum Gasteiger partial charge on any atom is 0.243 e. The van der Waals surface area contributed by atoms with Crippen molar-refractivity contribution < 1.29 is 4.79 Å². The Labute approximate surface area is 169 Å². The van der Waals surface area contributed by atoms with Crippen molar-refractivity contribution in [3.63, 3.8) is 0 Å². The van der Waals surface area contributed by atoms with Crippen LogP contribution >= 0.6 is 23.2 Å². The number of rotatable bonds is 7. The number of benzene rings is 1. The predicted molar refractivity (Wildman–Crippen MR) is 108 cm³/mol. The molecule has 0 spiro atoms. The first-order valence-electron chi connectivity index (χ1n) is 8.74. The molecule has 0 radical (unpaired) electrons. The molecule has 2 N–H and O–H groups in total. The summed E-state index contributed by atoms with van der Waals surface area (Å²) >= 11 is 12.0. The molecule has 0 unspecified atom stereocenters. The van der Waals surface area contributed by atoms with Crippen LogP contribution in [0, 0.1) is 11.5 Å². The minimum absolute atomic E-state index is 0.0376. The molecule has 0 bridgehead atoms. The van der Waals surface area contributed by atoms with Gasteiger partial charge in [-0.15, -0.1) is 0 Å². The second-order valence-electron chi connectivity index (χ2n) is 5.99. The molecular weight excluding hydrogens is 387 g/mol. The molecule has 1 heterocycles. The Balaban J connectivity index is 1.82. The number of hydrogen-bond acceptors (Lipinski definition) is 4. The third kappa shape index (κ3) is 6.42. The molecule has 0 saturated carbocycles. The van der Waals surface area contributed by atoms with Gasteiger partial charge in [0.2, 0.25) is 11.9 Å². The molecule has 1 amide bonds. The fourth-order valence-electron chi connectivity index (χ4n) is 2.66. The maximum absolute atomic E-state index is 12.1. The lowest BCUT2D eigenvalue weighted by Gasteiger charge is -2.24. The Morgan fingerprint density at radius 1 is 1.30 bits per heavy atom.